The predicted octanol–water partition coefficient (Wildman–Crippen LogP) is 2.55. The van der Waals surface area contributed by atoms with Crippen molar-refractivity contribution in [3.8, 4) is 6.07 Å². The molecule has 0 N–H and O–H groups in total. The molecule has 0 spiro atoms. The maximum atomic E-state index is 13.8. The lowest BCUT2D eigenvalue weighted by molar-refractivity contribution is 0.407. The second-order valence-electron chi connectivity index (χ2n) is 4.33. The van der Waals surface area contributed by atoms with Gasteiger partial charge in [-0.2, -0.15) is 9.57 Å². The van der Waals surface area contributed by atoms with Gasteiger partial charge in [0.15, 0.2) is 0 Å². The average molecular weight is 303 g/mol. The largest absolute Gasteiger partial charge is 0.246 e. The summed E-state index contributed by atoms with van der Waals surface area (Å²) < 4.78 is 39.7. The van der Waals surface area contributed by atoms with Crippen LogP contribution in [0.15, 0.2) is 23.1 Å². The monoisotopic (exact) mass is 302 g/mol. The van der Waals surface area contributed by atoms with E-state index in [9.17, 15) is 12.8 Å². The summed E-state index contributed by atoms with van der Waals surface area (Å²) in [6.07, 6.45) is 1.59. The Balaban J connectivity index is 2.36. The molecule has 0 heterocycles. The van der Waals surface area contributed by atoms with Crippen molar-refractivity contribution in [3.05, 3.63) is 29.0 Å². The van der Waals surface area contributed by atoms with Crippen molar-refractivity contribution in [2.24, 2.45) is 0 Å². The molecule has 7 heteroatoms. The van der Waals surface area contributed by atoms with E-state index in [1.54, 1.807) is 0 Å². The summed E-state index contributed by atoms with van der Waals surface area (Å²) in [5.74, 6) is -0.866. The Kier molecular flexibility index (Phi) is 4.09. The molecule has 0 radical (unpaired) electrons. The van der Waals surface area contributed by atoms with E-state index < -0.39 is 15.8 Å². The van der Waals surface area contributed by atoms with E-state index in [-0.39, 0.29) is 28.9 Å². The first kappa shape index (κ1) is 14.3. The van der Waals surface area contributed by atoms with Crippen LogP contribution in [-0.4, -0.2) is 25.3 Å². The molecule has 1 fully saturated rings. The summed E-state index contributed by atoms with van der Waals surface area (Å²) in [6.45, 7) is 0.0889. The van der Waals surface area contributed by atoms with Crippen LogP contribution in [-0.2, 0) is 10.0 Å². The van der Waals surface area contributed by atoms with Gasteiger partial charge in [0.1, 0.15) is 10.7 Å². The van der Waals surface area contributed by atoms with Gasteiger partial charge >= 0.3 is 0 Å². The second kappa shape index (κ2) is 5.45. The molecule has 0 aromatic heterocycles. The zero-order chi connectivity index (χ0) is 14.0. The number of sulfonamides is 1. The van der Waals surface area contributed by atoms with Gasteiger partial charge in [-0.05, 0) is 31.0 Å². The Labute approximate surface area is 116 Å². The third-order valence-electron chi connectivity index (χ3n) is 2.88. The normalized spacial score (nSPS) is 15.5. The van der Waals surface area contributed by atoms with E-state index in [4.69, 9.17) is 16.9 Å². The molecule has 0 saturated heterocycles. The lowest BCUT2D eigenvalue weighted by atomic mass is 10.3. The topological polar surface area (TPSA) is 61.2 Å². The quantitative estimate of drug-likeness (QED) is 0.840. The van der Waals surface area contributed by atoms with Crippen LogP contribution in [0.4, 0.5) is 4.39 Å². The highest BCUT2D eigenvalue weighted by Gasteiger charge is 2.38. The van der Waals surface area contributed by atoms with Gasteiger partial charge in [-0.3, -0.25) is 0 Å². The molecule has 0 aliphatic heterocycles. The molecule has 1 aliphatic rings. The van der Waals surface area contributed by atoms with E-state index in [1.807, 2.05) is 6.07 Å². The predicted molar refractivity (Wildman–Crippen MR) is 68.6 cm³/mol. The van der Waals surface area contributed by atoms with Gasteiger partial charge in [0, 0.05) is 24.0 Å². The Morgan fingerprint density at radius 1 is 1.47 bits per heavy atom. The van der Waals surface area contributed by atoms with Gasteiger partial charge in [-0.15, -0.1) is 0 Å². The molecule has 1 aliphatic carbocycles. The van der Waals surface area contributed by atoms with Gasteiger partial charge in [-0.25, -0.2) is 12.8 Å². The van der Waals surface area contributed by atoms with Crippen molar-refractivity contribution in [3.63, 3.8) is 0 Å². The number of hydrogen-bond acceptors (Lipinski definition) is 3. The van der Waals surface area contributed by atoms with Gasteiger partial charge in [0.05, 0.1) is 6.07 Å². The first-order valence-corrected chi connectivity index (χ1v) is 7.62. The van der Waals surface area contributed by atoms with E-state index in [1.165, 1.54) is 10.4 Å². The van der Waals surface area contributed by atoms with Crippen LogP contribution < -0.4 is 0 Å². The summed E-state index contributed by atoms with van der Waals surface area (Å²) in [6, 6.07) is 5.27. The van der Waals surface area contributed by atoms with Gasteiger partial charge in [0.2, 0.25) is 10.0 Å². The molecule has 4 nitrogen and oxygen atoms in total. The third-order valence-corrected chi connectivity index (χ3v) is 5.10. The molecule has 1 saturated carbocycles. The molecule has 0 atom stereocenters. The van der Waals surface area contributed by atoms with Crippen molar-refractivity contribution < 1.29 is 12.8 Å². The third kappa shape index (κ3) is 3.06. The summed E-state index contributed by atoms with van der Waals surface area (Å²) >= 11 is 5.61. The minimum absolute atomic E-state index is 0.0882. The molecule has 2 rings (SSSR count). The number of rotatable bonds is 5. The summed E-state index contributed by atoms with van der Waals surface area (Å²) in [7, 11) is -3.91. The van der Waals surface area contributed by atoms with Crippen LogP contribution in [0.25, 0.3) is 0 Å². The summed E-state index contributed by atoms with van der Waals surface area (Å²) in [5, 5.41) is 8.73. The Morgan fingerprint density at radius 2 is 2.16 bits per heavy atom. The van der Waals surface area contributed by atoms with Crippen LogP contribution in [0, 0.1) is 17.1 Å². The first-order valence-electron chi connectivity index (χ1n) is 5.80. The first-order chi connectivity index (χ1) is 8.96. The maximum Gasteiger partial charge on any atom is 0.246 e. The maximum absolute atomic E-state index is 13.8. The lowest BCUT2D eigenvalue weighted by Gasteiger charge is -2.21. The molecule has 1 aromatic rings. The van der Waals surface area contributed by atoms with Crippen molar-refractivity contribution in [1.82, 2.24) is 4.31 Å². The van der Waals surface area contributed by atoms with Crippen molar-refractivity contribution >= 4 is 21.6 Å². The highest BCUT2D eigenvalue weighted by atomic mass is 35.5. The molecular weight excluding hydrogens is 291 g/mol. The van der Waals surface area contributed by atoms with Crippen molar-refractivity contribution in [2.45, 2.75) is 30.2 Å². The lowest BCUT2D eigenvalue weighted by Crippen LogP contribution is -2.34. The summed E-state index contributed by atoms with van der Waals surface area (Å²) in [4.78, 5) is -0.387. The number of hydrogen-bond donors (Lipinski definition) is 0. The van der Waals surface area contributed by atoms with Crippen LogP contribution in [0.5, 0.6) is 0 Å². The molecule has 102 valence electrons. The molecule has 0 bridgehead atoms. The Morgan fingerprint density at radius 3 is 2.68 bits per heavy atom. The fraction of sp³-hybridized carbons (Fsp3) is 0.417. The van der Waals surface area contributed by atoms with Gasteiger partial charge < -0.3 is 0 Å². The average Bonchev–Trinajstić information content (AvgIpc) is 3.13. The molecule has 0 amide bonds. The minimum Gasteiger partial charge on any atom is -0.207 e. The van der Waals surface area contributed by atoms with Crippen LogP contribution >= 0.6 is 11.6 Å². The number of nitriles is 1. The smallest absolute Gasteiger partial charge is 0.207 e. The number of halogens is 2. The molecular formula is C12H12ClFN2O2S. The summed E-state index contributed by atoms with van der Waals surface area (Å²) in [5.41, 5.74) is 0. The highest BCUT2D eigenvalue weighted by molar-refractivity contribution is 7.89. The minimum atomic E-state index is -3.91. The van der Waals surface area contributed by atoms with Crippen molar-refractivity contribution in [2.75, 3.05) is 6.54 Å². The zero-order valence-corrected chi connectivity index (χ0v) is 11.6. The molecule has 19 heavy (non-hydrogen) atoms. The Hall–Kier alpha value is -1.16. The van der Waals surface area contributed by atoms with Crippen LogP contribution in [0.3, 0.4) is 0 Å². The van der Waals surface area contributed by atoms with Gasteiger partial charge in [-0.1, -0.05) is 11.6 Å². The van der Waals surface area contributed by atoms with E-state index in [2.05, 4.69) is 0 Å². The SMILES string of the molecule is N#CCCN(C1CC1)S(=O)(=O)c1ccc(Cl)cc1F. The van der Waals surface area contributed by atoms with Gasteiger partial charge in [0.25, 0.3) is 0 Å². The fourth-order valence-electron chi connectivity index (χ4n) is 1.83. The highest BCUT2D eigenvalue weighted by Crippen LogP contribution is 2.33. The standard InChI is InChI=1S/C12H12ClFN2O2S/c13-9-2-5-12(11(14)8-9)19(17,18)16(7-1-6-15)10-3-4-10/h2,5,8,10H,1,3-4,7H2. The molecule has 1 aromatic carbocycles. The van der Waals surface area contributed by atoms with Crippen LogP contribution in [0.2, 0.25) is 5.02 Å². The zero-order valence-electron chi connectivity index (χ0n) is 10.0. The van der Waals surface area contributed by atoms with E-state index >= 15 is 0 Å². The van der Waals surface area contributed by atoms with Crippen LogP contribution in [0.1, 0.15) is 19.3 Å². The van der Waals surface area contributed by atoms with Crippen molar-refractivity contribution in [1.29, 1.82) is 5.26 Å². The Bertz CT molecular complexity index is 623. The number of nitrogens with zero attached hydrogens (tertiary/aromatic N) is 2. The van der Waals surface area contributed by atoms with E-state index in [0.29, 0.717) is 0 Å². The van der Waals surface area contributed by atoms with E-state index in [0.717, 1.165) is 25.0 Å². The number of benzene rings is 1. The fourth-order valence-corrected chi connectivity index (χ4v) is 3.72. The second-order valence-corrected chi connectivity index (χ2v) is 6.63. The molecule has 0 unspecified atom stereocenters.